The number of anilines is 1. The topological polar surface area (TPSA) is 64.0 Å². The van der Waals surface area contributed by atoms with Crippen molar-refractivity contribution in [2.75, 3.05) is 5.32 Å². The van der Waals surface area contributed by atoms with Crippen LogP contribution in [0.2, 0.25) is 10.0 Å². The van der Waals surface area contributed by atoms with E-state index in [0.717, 1.165) is 29.7 Å². The molecule has 1 aliphatic rings. The number of fused-ring (bicyclic) bond motifs is 3. The highest BCUT2D eigenvalue weighted by molar-refractivity contribution is 7.18. The molecule has 1 amide bonds. The number of carbonyl (C=O) groups excluding carboxylic acids is 1. The Kier molecular flexibility index (Phi) is 5.68. The number of benzene rings is 1. The summed E-state index contributed by atoms with van der Waals surface area (Å²) in [6.07, 6.45) is 4.39. The third-order valence-electron chi connectivity index (χ3n) is 5.78. The van der Waals surface area contributed by atoms with Crippen LogP contribution in [0.15, 0.2) is 29.3 Å². The summed E-state index contributed by atoms with van der Waals surface area (Å²) in [6.45, 7) is 6.70. The SMILES string of the molecule is CC(C)(C)C1CCc2c(sc3ncn(CC(=O)Nc4ccc(Cl)c(Cl)c4)c(=O)c23)C1. The van der Waals surface area contributed by atoms with Crippen LogP contribution in [-0.2, 0) is 24.2 Å². The Morgan fingerprint density at radius 1 is 1.30 bits per heavy atom. The fraction of sp³-hybridized carbons (Fsp3) is 0.409. The monoisotopic (exact) mass is 463 g/mol. The van der Waals surface area contributed by atoms with Gasteiger partial charge in [-0.1, -0.05) is 44.0 Å². The first-order valence-electron chi connectivity index (χ1n) is 9.88. The summed E-state index contributed by atoms with van der Waals surface area (Å²) >= 11 is 13.5. The van der Waals surface area contributed by atoms with Crippen LogP contribution in [0.1, 0.15) is 37.6 Å². The fourth-order valence-corrected chi connectivity index (χ4v) is 5.54. The van der Waals surface area contributed by atoms with Crippen LogP contribution in [0.25, 0.3) is 10.2 Å². The van der Waals surface area contributed by atoms with Gasteiger partial charge in [0.1, 0.15) is 11.4 Å². The minimum atomic E-state index is -0.325. The molecular formula is C22H23Cl2N3O2S. The van der Waals surface area contributed by atoms with Crippen LogP contribution in [0.3, 0.4) is 0 Å². The molecule has 5 nitrogen and oxygen atoms in total. The van der Waals surface area contributed by atoms with Crippen molar-refractivity contribution >= 4 is 56.3 Å². The normalized spacial score (nSPS) is 16.5. The molecule has 0 spiro atoms. The Morgan fingerprint density at radius 3 is 2.77 bits per heavy atom. The smallest absolute Gasteiger partial charge is 0.262 e. The Morgan fingerprint density at radius 2 is 2.07 bits per heavy atom. The van der Waals surface area contributed by atoms with Gasteiger partial charge in [0.15, 0.2) is 0 Å². The van der Waals surface area contributed by atoms with Crippen molar-refractivity contribution in [3.05, 3.63) is 55.4 Å². The number of aryl methyl sites for hydroxylation is 1. The third-order valence-corrected chi connectivity index (χ3v) is 7.68. The minimum Gasteiger partial charge on any atom is -0.324 e. The summed E-state index contributed by atoms with van der Waals surface area (Å²) in [4.78, 5) is 32.1. The van der Waals surface area contributed by atoms with Crippen LogP contribution in [-0.4, -0.2) is 15.5 Å². The van der Waals surface area contributed by atoms with Crippen LogP contribution >= 0.6 is 34.5 Å². The van der Waals surface area contributed by atoms with E-state index in [1.807, 2.05) is 0 Å². The molecule has 1 aromatic carbocycles. The minimum absolute atomic E-state index is 0.114. The van der Waals surface area contributed by atoms with Gasteiger partial charge in [-0.05, 0) is 54.4 Å². The summed E-state index contributed by atoms with van der Waals surface area (Å²) in [7, 11) is 0. The van der Waals surface area contributed by atoms with Gasteiger partial charge in [0.2, 0.25) is 5.91 Å². The molecule has 0 radical (unpaired) electrons. The van der Waals surface area contributed by atoms with Crippen molar-refractivity contribution in [2.24, 2.45) is 11.3 Å². The number of nitrogens with zero attached hydrogens (tertiary/aromatic N) is 2. The van der Waals surface area contributed by atoms with Crippen molar-refractivity contribution in [3.8, 4) is 0 Å². The summed E-state index contributed by atoms with van der Waals surface area (Å²) in [6, 6.07) is 4.85. The van der Waals surface area contributed by atoms with E-state index >= 15 is 0 Å². The maximum Gasteiger partial charge on any atom is 0.262 e. The van der Waals surface area contributed by atoms with Gasteiger partial charge in [-0.15, -0.1) is 11.3 Å². The lowest BCUT2D eigenvalue weighted by atomic mass is 9.72. The van der Waals surface area contributed by atoms with E-state index < -0.39 is 0 Å². The van der Waals surface area contributed by atoms with E-state index in [2.05, 4.69) is 31.1 Å². The Labute approximate surface area is 189 Å². The molecule has 1 unspecified atom stereocenters. The quantitative estimate of drug-likeness (QED) is 0.553. The maximum absolute atomic E-state index is 13.1. The van der Waals surface area contributed by atoms with E-state index in [0.29, 0.717) is 27.0 Å². The molecule has 0 bridgehead atoms. The molecule has 1 atom stereocenters. The molecule has 0 saturated carbocycles. The van der Waals surface area contributed by atoms with Crippen molar-refractivity contribution in [1.82, 2.24) is 9.55 Å². The van der Waals surface area contributed by atoms with Crippen molar-refractivity contribution in [2.45, 2.75) is 46.6 Å². The molecule has 1 aliphatic carbocycles. The highest BCUT2D eigenvalue weighted by Crippen LogP contribution is 2.41. The second-order valence-corrected chi connectivity index (χ2v) is 10.7. The third kappa shape index (κ3) is 4.13. The molecule has 1 N–H and O–H groups in total. The number of aromatic nitrogens is 2. The number of halogens is 2. The molecule has 30 heavy (non-hydrogen) atoms. The predicted molar refractivity (Wildman–Crippen MR) is 124 cm³/mol. The Bertz CT molecular complexity index is 1190. The molecule has 2 aromatic heterocycles. The number of thiophene rings is 1. The van der Waals surface area contributed by atoms with E-state index in [4.69, 9.17) is 23.2 Å². The molecule has 158 valence electrons. The van der Waals surface area contributed by atoms with Crippen LogP contribution < -0.4 is 10.9 Å². The van der Waals surface area contributed by atoms with Gasteiger partial charge in [-0.25, -0.2) is 4.98 Å². The largest absolute Gasteiger partial charge is 0.324 e. The van der Waals surface area contributed by atoms with E-state index in [1.165, 1.54) is 15.8 Å². The number of carbonyl (C=O) groups is 1. The summed E-state index contributed by atoms with van der Waals surface area (Å²) in [5.74, 6) is 0.269. The standard InChI is InChI=1S/C22H23Cl2N3O2S/c1-22(2,3)12-4-6-14-17(8-12)30-20-19(14)21(29)27(11-25-20)10-18(28)26-13-5-7-15(23)16(24)9-13/h5,7,9,11-12H,4,6,8,10H2,1-3H3,(H,26,28). The first-order valence-corrected chi connectivity index (χ1v) is 11.5. The lowest BCUT2D eigenvalue weighted by Crippen LogP contribution is -2.29. The van der Waals surface area contributed by atoms with Crippen molar-refractivity contribution in [1.29, 1.82) is 0 Å². The lowest BCUT2D eigenvalue weighted by molar-refractivity contribution is -0.116. The van der Waals surface area contributed by atoms with Crippen LogP contribution in [0.4, 0.5) is 5.69 Å². The van der Waals surface area contributed by atoms with Gasteiger partial charge >= 0.3 is 0 Å². The lowest BCUT2D eigenvalue weighted by Gasteiger charge is -2.33. The van der Waals surface area contributed by atoms with E-state index in [1.54, 1.807) is 29.5 Å². The molecule has 2 heterocycles. The molecule has 8 heteroatoms. The Hall–Kier alpha value is -1.89. The summed E-state index contributed by atoms with van der Waals surface area (Å²) in [5, 5.41) is 4.19. The van der Waals surface area contributed by atoms with Crippen molar-refractivity contribution in [3.63, 3.8) is 0 Å². The van der Waals surface area contributed by atoms with Gasteiger partial charge in [-0.3, -0.25) is 14.2 Å². The number of rotatable bonds is 3. The molecule has 3 aromatic rings. The van der Waals surface area contributed by atoms with Crippen LogP contribution in [0, 0.1) is 11.3 Å². The second-order valence-electron chi connectivity index (χ2n) is 8.84. The van der Waals surface area contributed by atoms with Gasteiger partial charge in [0, 0.05) is 10.6 Å². The molecular weight excluding hydrogens is 441 g/mol. The highest BCUT2D eigenvalue weighted by Gasteiger charge is 2.31. The van der Waals surface area contributed by atoms with Gasteiger partial charge in [-0.2, -0.15) is 0 Å². The molecule has 0 saturated heterocycles. The average molecular weight is 464 g/mol. The Balaban J connectivity index is 1.59. The first kappa shape index (κ1) is 21.3. The van der Waals surface area contributed by atoms with Gasteiger partial charge < -0.3 is 5.32 Å². The van der Waals surface area contributed by atoms with Crippen molar-refractivity contribution < 1.29 is 4.79 Å². The number of hydrogen-bond donors (Lipinski definition) is 1. The summed E-state index contributed by atoms with van der Waals surface area (Å²) in [5.41, 5.74) is 1.73. The molecule has 0 aliphatic heterocycles. The number of amides is 1. The molecule has 0 fully saturated rings. The first-order chi connectivity index (χ1) is 14.1. The van der Waals surface area contributed by atoms with Gasteiger partial charge in [0.25, 0.3) is 5.56 Å². The second kappa shape index (κ2) is 7.98. The zero-order valence-electron chi connectivity index (χ0n) is 17.1. The number of hydrogen-bond acceptors (Lipinski definition) is 4. The maximum atomic E-state index is 13.1. The van der Waals surface area contributed by atoms with Gasteiger partial charge in [0.05, 0.1) is 21.8 Å². The summed E-state index contributed by atoms with van der Waals surface area (Å²) < 4.78 is 1.37. The van der Waals surface area contributed by atoms with Crippen LogP contribution in [0.5, 0.6) is 0 Å². The predicted octanol–water partition coefficient (Wildman–Crippen LogP) is 5.55. The molecule has 4 rings (SSSR count). The van der Waals surface area contributed by atoms with E-state index in [-0.39, 0.29) is 23.4 Å². The number of nitrogens with one attached hydrogen (secondary N) is 1. The zero-order chi connectivity index (χ0) is 21.6. The fourth-order valence-electron chi connectivity index (χ4n) is 3.98. The van der Waals surface area contributed by atoms with E-state index in [9.17, 15) is 9.59 Å². The highest BCUT2D eigenvalue weighted by atomic mass is 35.5. The zero-order valence-corrected chi connectivity index (χ0v) is 19.4. The average Bonchev–Trinajstić information content (AvgIpc) is 3.05.